The van der Waals surface area contributed by atoms with Gasteiger partial charge >= 0.3 is 0 Å². The number of thioether (sulfide) groups is 4. The first-order chi connectivity index (χ1) is 21.7. The third-order valence-corrected chi connectivity index (χ3v) is 15.1. The van der Waals surface area contributed by atoms with Crippen LogP contribution in [-0.2, 0) is 0 Å². The first-order valence-electron chi connectivity index (χ1n) is 13.9. The molecule has 8 heteroatoms. The average Bonchev–Trinajstić information content (AvgIpc) is 3.90. The predicted molar refractivity (Wildman–Crippen MR) is 208 cm³/mol. The summed E-state index contributed by atoms with van der Waals surface area (Å²) in [5.41, 5.74) is 7.15. The number of anilines is 3. The maximum Gasteiger partial charge on any atom is 0.0657 e. The molecule has 0 unspecified atom stereocenters. The predicted octanol–water partition coefficient (Wildman–Crippen LogP) is 14.0. The summed E-state index contributed by atoms with van der Waals surface area (Å²) < 4.78 is 4.18. The summed E-state index contributed by atoms with van der Waals surface area (Å²) in [5.74, 6) is 0. The zero-order valence-electron chi connectivity index (χ0n) is 23.9. The molecule has 0 saturated heterocycles. The summed E-state index contributed by atoms with van der Waals surface area (Å²) >= 11 is 12.9. The summed E-state index contributed by atoms with van der Waals surface area (Å²) in [7, 11) is 0. The van der Waals surface area contributed by atoms with Crippen LogP contribution in [0.3, 0.4) is 0 Å². The van der Waals surface area contributed by atoms with E-state index >= 15 is 0 Å². The molecule has 0 atom stereocenters. The third-order valence-electron chi connectivity index (χ3n) is 7.08. The molecule has 7 rings (SSSR count). The van der Waals surface area contributed by atoms with Crippen molar-refractivity contribution in [2.45, 2.75) is 0 Å². The highest BCUT2D eigenvalue weighted by atomic mass is 32.3. The summed E-state index contributed by atoms with van der Waals surface area (Å²) in [6, 6.07) is 39.9. The normalized spacial score (nSPS) is 13.1. The smallest absolute Gasteiger partial charge is 0.0657 e. The molecule has 1 aliphatic heterocycles. The van der Waals surface area contributed by atoms with Gasteiger partial charge in [-0.15, -0.1) is 57.5 Å². The highest BCUT2D eigenvalue weighted by Crippen LogP contribution is 2.57. The molecule has 3 aromatic carbocycles. The lowest BCUT2D eigenvalue weighted by Crippen LogP contribution is -2.09. The zero-order valence-corrected chi connectivity index (χ0v) is 29.6. The van der Waals surface area contributed by atoms with Crippen LogP contribution >= 0.6 is 81.1 Å². The molecule has 0 aliphatic carbocycles. The van der Waals surface area contributed by atoms with Crippen LogP contribution in [0.25, 0.3) is 37.4 Å². The van der Waals surface area contributed by atoms with E-state index in [2.05, 4.69) is 143 Å². The Morgan fingerprint density at radius 3 is 1.39 bits per heavy atom. The Morgan fingerprint density at radius 2 is 0.977 bits per heavy atom. The Hall–Kier alpha value is -2.56. The Kier molecular flexibility index (Phi) is 9.47. The van der Waals surface area contributed by atoms with Crippen LogP contribution in [0.4, 0.5) is 17.1 Å². The van der Waals surface area contributed by atoms with Crippen molar-refractivity contribution in [1.82, 2.24) is 0 Å². The van der Waals surface area contributed by atoms with E-state index in [0.29, 0.717) is 0 Å². The van der Waals surface area contributed by atoms with Crippen LogP contribution < -0.4 is 4.90 Å². The largest absolute Gasteiger partial charge is 0.311 e. The molecular formula is C36H27NS7. The van der Waals surface area contributed by atoms with Crippen LogP contribution in [-0.4, -0.2) is 12.5 Å². The first kappa shape index (κ1) is 30.1. The lowest BCUT2D eigenvalue weighted by Gasteiger charge is -2.26. The second-order valence-corrected chi connectivity index (χ2v) is 17.3. The fourth-order valence-electron chi connectivity index (χ4n) is 4.95. The Balaban J connectivity index is 1.17. The van der Waals surface area contributed by atoms with E-state index in [1.165, 1.54) is 48.9 Å². The second-order valence-electron chi connectivity index (χ2n) is 9.78. The van der Waals surface area contributed by atoms with Crippen LogP contribution in [0.15, 0.2) is 133 Å². The standard InChI is InChI=1S/C36H27NS7/c1-38-35-36(39-2)44-34(43-35)23-30-19-20-33(42-30)26-11-17-29(18-12-26)37(27-13-7-24(8-14-27)31-5-3-21-40-31)28-15-9-25(10-16-28)32-6-4-22-41-32/h3-23H,1-2H3. The lowest BCUT2D eigenvalue weighted by molar-refractivity contribution is 1.28. The van der Waals surface area contributed by atoms with Crippen LogP contribution in [0.2, 0.25) is 0 Å². The van der Waals surface area contributed by atoms with E-state index < -0.39 is 0 Å². The highest BCUT2D eigenvalue weighted by Gasteiger charge is 2.20. The fourth-order valence-corrected chi connectivity index (χ4v) is 12.5. The van der Waals surface area contributed by atoms with Crippen LogP contribution in [0, 0.1) is 0 Å². The fraction of sp³-hybridized carbons (Fsp3) is 0.0556. The molecule has 44 heavy (non-hydrogen) atoms. The Bertz CT molecular complexity index is 1800. The molecule has 6 aromatic rings. The molecule has 218 valence electrons. The summed E-state index contributed by atoms with van der Waals surface area (Å²) in [6.45, 7) is 0. The Labute approximate surface area is 288 Å². The lowest BCUT2D eigenvalue weighted by atomic mass is 10.1. The van der Waals surface area contributed by atoms with Gasteiger partial charge in [-0.3, -0.25) is 0 Å². The van der Waals surface area contributed by atoms with Gasteiger partial charge in [0, 0.05) is 36.6 Å². The van der Waals surface area contributed by atoms with E-state index in [1.54, 1.807) is 22.7 Å². The number of benzene rings is 3. The summed E-state index contributed by atoms with van der Waals surface area (Å²) in [5, 5.41) is 4.26. The minimum atomic E-state index is 1.14. The van der Waals surface area contributed by atoms with Gasteiger partial charge in [-0.05, 0) is 107 Å². The van der Waals surface area contributed by atoms with E-state index in [4.69, 9.17) is 0 Å². The van der Waals surface area contributed by atoms with Gasteiger partial charge in [-0.25, -0.2) is 0 Å². The minimum Gasteiger partial charge on any atom is -0.311 e. The SMILES string of the molecule is CSC1=C(SC)SC(=Cc2ccc(-c3ccc(N(c4ccc(-c5cccs5)cc4)c4ccc(-c5cccs5)cc4)cc3)s2)S1. The monoisotopic (exact) mass is 697 g/mol. The first-order valence-corrected chi connectivity index (χ1v) is 20.5. The molecule has 0 amide bonds. The number of hydrogen-bond acceptors (Lipinski definition) is 8. The van der Waals surface area contributed by atoms with Crippen molar-refractivity contribution in [2.75, 3.05) is 17.4 Å². The van der Waals surface area contributed by atoms with Crippen molar-refractivity contribution in [3.63, 3.8) is 0 Å². The van der Waals surface area contributed by atoms with Crippen molar-refractivity contribution in [3.05, 3.63) is 138 Å². The van der Waals surface area contributed by atoms with Crippen molar-refractivity contribution in [2.24, 2.45) is 0 Å². The maximum absolute atomic E-state index is 2.35. The van der Waals surface area contributed by atoms with Crippen LogP contribution in [0.5, 0.6) is 0 Å². The molecule has 1 nitrogen and oxygen atoms in total. The molecule has 0 bridgehead atoms. The van der Waals surface area contributed by atoms with Gasteiger partial charge in [0.15, 0.2) is 0 Å². The molecule has 1 aliphatic rings. The van der Waals surface area contributed by atoms with E-state index in [-0.39, 0.29) is 0 Å². The molecular weight excluding hydrogens is 671 g/mol. The van der Waals surface area contributed by atoms with Crippen molar-refractivity contribution in [3.8, 4) is 31.3 Å². The number of rotatable bonds is 9. The quantitative estimate of drug-likeness (QED) is 0.147. The van der Waals surface area contributed by atoms with E-state index in [1.807, 2.05) is 58.4 Å². The van der Waals surface area contributed by atoms with Gasteiger partial charge in [0.05, 0.1) is 12.7 Å². The van der Waals surface area contributed by atoms with Gasteiger partial charge in [-0.2, -0.15) is 0 Å². The molecule has 0 radical (unpaired) electrons. The maximum atomic E-state index is 2.35. The summed E-state index contributed by atoms with van der Waals surface area (Å²) in [4.78, 5) is 7.49. The van der Waals surface area contributed by atoms with Gasteiger partial charge in [-0.1, -0.05) is 72.1 Å². The van der Waals surface area contributed by atoms with Crippen molar-refractivity contribution < 1.29 is 0 Å². The Morgan fingerprint density at radius 1 is 0.523 bits per heavy atom. The van der Waals surface area contributed by atoms with Gasteiger partial charge in [0.2, 0.25) is 0 Å². The second kappa shape index (κ2) is 13.8. The molecule has 3 aromatic heterocycles. The van der Waals surface area contributed by atoms with Crippen LogP contribution in [0.1, 0.15) is 4.88 Å². The molecule has 0 fully saturated rings. The average molecular weight is 698 g/mol. The zero-order chi connectivity index (χ0) is 29.9. The highest BCUT2D eigenvalue weighted by molar-refractivity contribution is 8.40. The van der Waals surface area contributed by atoms with Gasteiger partial charge in [0.25, 0.3) is 0 Å². The van der Waals surface area contributed by atoms with E-state index in [9.17, 15) is 0 Å². The molecule has 0 saturated carbocycles. The van der Waals surface area contributed by atoms with E-state index in [0.717, 1.165) is 17.1 Å². The van der Waals surface area contributed by atoms with Gasteiger partial charge in [0.1, 0.15) is 0 Å². The van der Waals surface area contributed by atoms with Crippen molar-refractivity contribution >= 4 is 104 Å². The number of nitrogens with zero attached hydrogens (tertiary/aromatic N) is 1. The topological polar surface area (TPSA) is 3.24 Å². The number of thiophene rings is 3. The molecule has 4 heterocycles. The minimum absolute atomic E-state index is 1.14. The molecule has 0 spiro atoms. The molecule has 0 N–H and O–H groups in total. The van der Waals surface area contributed by atoms with Crippen molar-refractivity contribution in [1.29, 1.82) is 0 Å². The summed E-state index contributed by atoms with van der Waals surface area (Å²) in [6.07, 6.45) is 6.66. The number of hydrogen-bond donors (Lipinski definition) is 0. The third kappa shape index (κ3) is 6.53. The van der Waals surface area contributed by atoms with Gasteiger partial charge < -0.3 is 4.90 Å².